The molecule has 24 heavy (non-hydrogen) atoms. The Morgan fingerprint density at radius 1 is 1.29 bits per heavy atom. The number of aryl methyl sites for hydroxylation is 2. The summed E-state index contributed by atoms with van der Waals surface area (Å²) in [5, 5.41) is 1.22. The molecule has 6 heteroatoms. The van der Waals surface area contributed by atoms with E-state index < -0.39 is 0 Å². The van der Waals surface area contributed by atoms with Gasteiger partial charge in [-0.25, -0.2) is 4.98 Å². The molecule has 0 unspecified atom stereocenters. The van der Waals surface area contributed by atoms with Crippen molar-refractivity contribution in [3.05, 3.63) is 56.7 Å². The first kappa shape index (κ1) is 16.9. The molecule has 0 amide bonds. The maximum atomic E-state index is 12.4. The van der Waals surface area contributed by atoms with Crippen LogP contribution in [0.25, 0.3) is 10.2 Å². The summed E-state index contributed by atoms with van der Waals surface area (Å²) in [6.07, 6.45) is 0.954. The molecule has 4 nitrogen and oxygen atoms in total. The van der Waals surface area contributed by atoms with E-state index in [1.54, 1.807) is 7.05 Å². The third-order valence-electron chi connectivity index (χ3n) is 3.87. The summed E-state index contributed by atoms with van der Waals surface area (Å²) in [6, 6.07) is 9.54. The molecule has 124 valence electrons. The first-order chi connectivity index (χ1) is 11.5. The van der Waals surface area contributed by atoms with E-state index in [1.807, 2.05) is 37.3 Å². The van der Waals surface area contributed by atoms with Crippen LogP contribution in [0.3, 0.4) is 0 Å². The van der Waals surface area contributed by atoms with Gasteiger partial charge in [-0.05, 0) is 25.0 Å². The molecule has 2 aromatic heterocycles. The number of thioether (sulfide) groups is 1. The van der Waals surface area contributed by atoms with Crippen LogP contribution in [0.1, 0.15) is 27.7 Å². The van der Waals surface area contributed by atoms with E-state index in [1.165, 1.54) is 33.2 Å². The Kier molecular flexibility index (Phi) is 4.87. The molecule has 0 saturated carbocycles. The molecule has 0 aliphatic rings. The lowest BCUT2D eigenvalue weighted by Gasteiger charge is -2.07. The van der Waals surface area contributed by atoms with Crippen LogP contribution in [-0.2, 0) is 13.5 Å². The van der Waals surface area contributed by atoms with Crippen LogP contribution < -0.4 is 5.56 Å². The van der Waals surface area contributed by atoms with E-state index in [0.29, 0.717) is 16.1 Å². The van der Waals surface area contributed by atoms with Crippen LogP contribution in [0.2, 0.25) is 0 Å². The number of hydrogen-bond acceptors (Lipinski definition) is 5. The van der Waals surface area contributed by atoms with Gasteiger partial charge in [0, 0.05) is 17.5 Å². The number of Topliss-reactive ketones (excluding diaryl/α,β-unsaturated/α-hetero) is 1. The third kappa shape index (κ3) is 3.30. The van der Waals surface area contributed by atoms with Crippen molar-refractivity contribution in [3.8, 4) is 0 Å². The van der Waals surface area contributed by atoms with E-state index in [2.05, 4.69) is 11.9 Å². The van der Waals surface area contributed by atoms with E-state index in [9.17, 15) is 9.59 Å². The van der Waals surface area contributed by atoms with Crippen LogP contribution in [0, 0.1) is 6.92 Å². The lowest BCUT2D eigenvalue weighted by Crippen LogP contribution is -2.19. The van der Waals surface area contributed by atoms with Crippen LogP contribution in [0.4, 0.5) is 0 Å². The van der Waals surface area contributed by atoms with Crippen molar-refractivity contribution in [1.82, 2.24) is 9.55 Å². The van der Waals surface area contributed by atoms with Gasteiger partial charge in [-0.15, -0.1) is 11.3 Å². The fraction of sp³-hybridized carbons (Fsp3) is 0.278. The highest BCUT2D eigenvalue weighted by Gasteiger charge is 2.13. The Balaban J connectivity index is 1.80. The van der Waals surface area contributed by atoms with Gasteiger partial charge in [0.2, 0.25) is 0 Å². The molecule has 2 heterocycles. The van der Waals surface area contributed by atoms with Crippen molar-refractivity contribution in [1.29, 1.82) is 0 Å². The number of ketones is 1. The van der Waals surface area contributed by atoms with E-state index >= 15 is 0 Å². The smallest absolute Gasteiger partial charge is 0.262 e. The highest BCUT2D eigenvalue weighted by molar-refractivity contribution is 7.99. The van der Waals surface area contributed by atoms with Crippen molar-refractivity contribution in [3.63, 3.8) is 0 Å². The summed E-state index contributed by atoms with van der Waals surface area (Å²) in [6.45, 7) is 4.05. The van der Waals surface area contributed by atoms with Gasteiger partial charge in [0.15, 0.2) is 10.9 Å². The maximum absolute atomic E-state index is 12.4. The lowest BCUT2D eigenvalue weighted by atomic mass is 10.1. The van der Waals surface area contributed by atoms with Gasteiger partial charge in [0.25, 0.3) is 5.56 Å². The molecular formula is C18H18N2O2S2. The summed E-state index contributed by atoms with van der Waals surface area (Å²) < 4.78 is 1.52. The molecule has 0 fully saturated rings. The Bertz CT molecular complexity index is 956. The normalized spacial score (nSPS) is 11.1. The first-order valence-electron chi connectivity index (χ1n) is 7.71. The van der Waals surface area contributed by atoms with E-state index in [4.69, 9.17) is 0 Å². The van der Waals surface area contributed by atoms with Gasteiger partial charge in [0.05, 0.1) is 11.1 Å². The monoisotopic (exact) mass is 358 g/mol. The van der Waals surface area contributed by atoms with Crippen molar-refractivity contribution in [2.75, 3.05) is 5.75 Å². The molecule has 0 N–H and O–H groups in total. The SMILES string of the molecule is CCc1ccc(C(=O)CSc2nc3sc(C)cc3c(=O)n2C)cc1. The predicted molar refractivity (Wildman–Crippen MR) is 100 cm³/mol. The van der Waals surface area contributed by atoms with Crippen molar-refractivity contribution in [2.45, 2.75) is 25.4 Å². The fourth-order valence-electron chi connectivity index (χ4n) is 2.44. The minimum atomic E-state index is -0.0633. The third-order valence-corrected chi connectivity index (χ3v) is 5.85. The summed E-state index contributed by atoms with van der Waals surface area (Å²) in [5.41, 5.74) is 1.84. The van der Waals surface area contributed by atoms with Crippen LogP contribution in [0.5, 0.6) is 0 Å². The quantitative estimate of drug-likeness (QED) is 0.395. The summed E-state index contributed by atoms with van der Waals surface area (Å²) in [5.74, 6) is 0.307. The van der Waals surface area contributed by atoms with Crippen molar-refractivity contribution in [2.24, 2.45) is 7.05 Å². The molecule has 0 saturated heterocycles. The molecule has 0 atom stereocenters. The van der Waals surface area contributed by atoms with E-state index in [-0.39, 0.29) is 17.1 Å². The minimum Gasteiger partial charge on any atom is -0.293 e. The van der Waals surface area contributed by atoms with Crippen LogP contribution in [0.15, 0.2) is 40.3 Å². The molecule has 0 aliphatic carbocycles. The molecule has 0 spiro atoms. The number of benzene rings is 1. The standard InChI is InChI=1S/C18H18N2O2S2/c1-4-12-5-7-13(8-6-12)15(21)10-23-18-19-16-14(9-11(2)24-16)17(22)20(18)3/h5-9H,4,10H2,1-3H3. The van der Waals surface area contributed by atoms with Gasteiger partial charge in [-0.1, -0.05) is 43.0 Å². The summed E-state index contributed by atoms with van der Waals surface area (Å²) >= 11 is 2.81. The summed E-state index contributed by atoms with van der Waals surface area (Å²) in [4.78, 5) is 31.1. The zero-order chi connectivity index (χ0) is 17.3. The maximum Gasteiger partial charge on any atom is 0.262 e. The number of hydrogen-bond donors (Lipinski definition) is 0. The minimum absolute atomic E-state index is 0.0411. The predicted octanol–water partition coefficient (Wildman–Crippen LogP) is 3.84. The molecule has 0 aliphatic heterocycles. The second-order valence-corrected chi connectivity index (χ2v) is 7.77. The number of rotatable bonds is 5. The average molecular weight is 358 g/mol. The van der Waals surface area contributed by atoms with Crippen LogP contribution in [-0.4, -0.2) is 21.1 Å². The zero-order valence-corrected chi connectivity index (χ0v) is 15.5. The van der Waals surface area contributed by atoms with Gasteiger partial charge in [0.1, 0.15) is 4.83 Å². The number of aromatic nitrogens is 2. The van der Waals surface area contributed by atoms with Gasteiger partial charge >= 0.3 is 0 Å². The van der Waals surface area contributed by atoms with Crippen molar-refractivity contribution < 1.29 is 4.79 Å². The van der Waals surface area contributed by atoms with Gasteiger partial charge < -0.3 is 0 Å². The number of thiophene rings is 1. The molecule has 3 aromatic rings. The second kappa shape index (κ2) is 6.91. The molecule has 3 rings (SSSR count). The first-order valence-corrected chi connectivity index (χ1v) is 9.52. The molecular weight excluding hydrogens is 340 g/mol. The molecule has 1 aromatic carbocycles. The van der Waals surface area contributed by atoms with Crippen molar-refractivity contribution >= 4 is 39.1 Å². The number of nitrogens with zero attached hydrogens (tertiary/aromatic N) is 2. The van der Waals surface area contributed by atoms with E-state index in [0.717, 1.165) is 16.1 Å². The van der Waals surface area contributed by atoms with Gasteiger partial charge in [-0.2, -0.15) is 0 Å². The Hall–Kier alpha value is -1.92. The van der Waals surface area contributed by atoms with Gasteiger partial charge in [-0.3, -0.25) is 14.2 Å². The lowest BCUT2D eigenvalue weighted by molar-refractivity contribution is 0.102. The Morgan fingerprint density at radius 3 is 2.67 bits per heavy atom. The topological polar surface area (TPSA) is 52.0 Å². The highest BCUT2D eigenvalue weighted by Crippen LogP contribution is 2.24. The fourth-order valence-corrected chi connectivity index (χ4v) is 4.22. The summed E-state index contributed by atoms with van der Waals surface area (Å²) in [7, 11) is 1.70. The second-order valence-electron chi connectivity index (χ2n) is 5.60. The largest absolute Gasteiger partial charge is 0.293 e. The number of fused-ring (bicyclic) bond motifs is 1. The number of carbonyl (C=O) groups is 1. The molecule has 0 radical (unpaired) electrons. The molecule has 0 bridgehead atoms. The van der Waals surface area contributed by atoms with Crippen LogP contribution >= 0.6 is 23.1 Å². The Morgan fingerprint density at radius 2 is 2.00 bits per heavy atom. The number of carbonyl (C=O) groups excluding carboxylic acids is 1. The highest BCUT2D eigenvalue weighted by atomic mass is 32.2. The average Bonchev–Trinajstić information content (AvgIpc) is 2.97. The zero-order valence-electron chi connectivity index (χ0n) is 13.8. The Labute approximate surface area is 148 Å².